The molecule has 1 heterocycles. The van der Waals surface area contributed by atoms with E-state index in [1.54, 1.807) is 0 Å². The third-order valence-corrected chi connectivity index (χ3v) is 8.94. The van der Waals surface area contributed by atoms with Gasteiger partial charge in [0.15, 0.2) is 5.78 Å². The summed E-state index contributed by atoms with van der Waals surface area (Å²) in [5, 5.41) is 0.915. The summed E-state index contributed by atoms with van der Waals surface area (Å²) in [6.07, 6.45) is 5.00. The summed E-state index contributed by atoms with van der Waals surface area (Å²) < 4.78 is 7.63. The van der Waals surface area contributed by atoms with Gasteiger partial charge in [-0.1, -0.05) is 82.3 Å². The van der Waals surface area contributed by atoms with E-state index in [1.165, 1.54) is 11.1 Å². The maximum absolute atomic E-state index is 14.3. The number of carbonyl (C=O) groups excluding carboxylic acids is 2. The van der Waals surface area contributed by atoms with E-state index in [4.69, 9.17) is 4.74 Å². The molecule has 5 aromatic rings. The summed E-state index contributed by atoms with van der Waals surface area (Å²) in [7, 11) is 2.22. The highest BCUT2D eigenvalue weighted by Gasteiger charge is 2.32. The van der Waals surface area contributed by atoms with E-state index >= 15 is 0 Å². The number of para-hydroxylation sites is 1. The van der Waals surface area contributed by atoms with E-state index < -0.39 is 0 Å². The number of fused-ring (bicyclic) bond motifs is 1. The fourth-order valence-corrected chi connectivity index (χ4v) is 6.57. The van der Waals surface area contributed by atoms with Crippen molar-refractivity contribution in [3.8, 4) is 0 Å². The van der Waals surface area contributed by atoms with Gasteiger partial charge >= 0.3 is 5.97 Å². The van der Waals surface area contributed by atoms with Crippen LogP contribution in [0.2, 0.25) is 0 Å². The molecule has 1 aromatic heterocycles. The van der Waals surface area contributed by atoms with Crippen LogP contribution in [-0.2, 0) is 28.9 Å². The number of rotatable bonds is 14. The molecule has 0 aliphatic rings. The number of ketones is 1. The molecule has 0 spiro atoms. The van der Waals surface area contributed by atoms with Crippen molar-refractivity contribution >= 4 is 39.7 Å². The number of benzene rings is 4. The Hall–Kier alpha value is -4.48. The maximum Gasteiger partial charge on any atom is 0.305 e. The van der Waals surface area contributed by atoms with Crippen LogP contribution in [-0.4, -0.2) is 30.0 Å². The lowest BCUT2D eigenvalue weighted by Gasteiger charge is -2.34. The van der Waals surface area contributed by atoms with Crippen molar-refractivity contribution in [1.82, 2.24) is 9.05 Å². The summed E-state index contributed by atoms with van der Waals surface area (Å²) >= 11 is 0. The molecule has 244 valence electrons. The predicted molar refractivity (Wildman–Crippen MR) is 195 cm³/mol. The molecule has 0 unspecified atom stereocenters. The molecule has 0 fully saturated rings. The second-order valence-corrected chi connectivity index (χ2v) is 13.6. The quantitative estimate of drug-likeness (QED) is 0.0698. The molecule has 0 saturated heterocycles. The molecule has 4 aromatic carbocycles. The Morgan fingerprint density at radius 3 is 1.91 bits per heavy atom. The van der Waals surface area contributed by atoms with Gasteiger partial charge in [0.25, 0.3) is 0 Å². The molecule has 5 nitrogen and oxygen atoms in total. The largest absolute Gasteiger partial charge is 0.466 e. The number of esters is 1. The van der Waals surface area contributed by atoms with Gasteiger partial charge in [-0.05, 0) is 55.2 Å². The van der Waals surface area contributed by atoms with Crippen LogP contribution in [0.4, 0.5) is 17.1 Å². The second kappa shape index (κ2) is 15.0. The molecule has 0 N–H and O–H groups in total. The minimum absolute atomic E-state index is 0.0155. The molecule has 0 radical (unpaired) electrons. The second-order valence-electron chi connectivity index (χ2n) is 13.6. The first-order chi connectivity index (χ1) is 22.6. The van der Waals surface area contributed by atoms with Crippen LogP contribution >= 0.6 is 0 Å². The molecule has 0 aliphatic carbocycles. The first-order valence-corrected chi connectivity index (χ1v) is 17.0. The number of hydrogen-bond acceptors (Lipinski definition) is 3. The Labute approximate surface area is 280 Å². The number of aryl methyl sites for hydroxylation is 1. The van der Waals surface area contributed by atoms with Gasteiger partial charge in [0.05, 0.1) is 13.7 Å². The Morgan fingerprint density at radius 1 is 0.745 bits per heavy atom. The average molecular weight is 630 g/mol. The fourth-order valence-electron chi connectivity index (χ4n) is 6.57. The Kier molecular flexibility index (Phi) is 10.8. The lowest BCUT2D eigenvalue weighted by molar-refractivity contribution is -0.143. The molecule has 0 bridgehead atoms. The number of carbonyl (C=O) groups is 2. The molecule has 5 rings (SSSR count). The van der Waals surface area contributed by atoms with E-state index in [1.807, 2.05) is 49.5 Å². The zero-order chi connectivity index (χ0) is 33.6. The van der Waals surface area contributed by atoms with Gasteiger partial charge < -0.3 is 9.30 Å². The van der Waals surface area contributed by atoms with E-state index in [9.17, 15) is 9.59 Å². The van der Waals surface area contributed by atoms with Crippen molar-refractivity contribution in [1.29, 1.82) is 0 Å². The van der Waals surface area contributed by atoms with Gasteiger partial charge in [-0.3, -0.25) is 9.59 Å². The van der Waals surface area contributed by atoms with Gasteiger partial charge in [-0.15, -0.1) is 0 Å². The van der Waals surface area contributed by atoms with E-state index in [2.05, 4.69) is 100.0 Å². The topological polar surface area (TPSA) is 48.3 Å². The predicted octanol–water partition coefficient (Wildman–Crippen LogP) is 10.2. The SMILES string of the molecule is CCOC(=O)CCCn1cc(C(=O)c2cccc([N+](C)(c3ccc(CC(C)C)cc3)c3ccc(CC(C)C)cc3)c2)c2ccccc21. The van der Waals surface area contributed by atoms with Crippen molar-refractivity contribution in [3.63, 3.8) is 0 Å². The molecular weight excluding hydrogens is 580 g/mol. The summed E-state index contributed by atoms with van der Waals surface area (Å²) in [6, 6.07) is 34.0. The molecule has 0 saturated carbocycles. The van der Waals surface area contributed by atoms with Gasteiger partial charge in [0.2, 0.25) is 0 Å². The number of aromatic nitrogens is 1. The number of nitrogens with zero attached hydrogens (tertiary/aromatic N) is 2. The van der Waals surface area contributed by atoms with Crippen molar-refractivity contribution in [3.05, 3.63) is 126 Å². The summed E-state index contributed by atoms with van der Waals surface area (Å²) in [4.78, 5) is 26.2. The molecular formula is C42H49N2O3+. The Bertz CT molecular complexity index is 1760. The Balaban J connectivity index is 1.53. The lowest BCUT2D eigenvalue weighted by atomic mass is 9.99. The van der Waals surface area contributed by atoms with E-state index in [0.717, 1.165) is 40.8 Å². The van der Waals surface area contributed by atoms with Crippen LogP contribution in [0.15, 0.2) is 103 Å². The molecule has 0 aliphatic heterocycles. The smallest absolute Gasteiger partial charge is 0.305 e. The highest BCUT2D eigenvalue weighted by molar-refractivity contribution is 6.16. The van der Waals surface area contributed by atoms with Crippen LogP contribution < -0.4 is 4.48 Å². The summed E-state index contributed by atoms with van der Waals surface area (Å²) in [6.45, 7) is 11.8. The van der Waals surface area contributed by atoms with Crippen LogP contribution in [0.3, 0.4) is 0 Å². The number of quaternary nitrogens is 1. The van der Waals surface area contributed by atoms with Crippen LogP contribution in [0.25, 0.3) is 10.9 Å². The Morgan fingerprint density at radius 2 is 1.34 bits per heavy atom. The highest BCUT2D eigenvalue weighted by Crippen LogP contribution is 2.43. The number of ether oxygens (including phenoxy) is 1. The van der Waals surface area contributed by atoms with Crippen molar-refractivity contribution in [2.75, 3.05) is 13.7 Å². The third-order valence-electron chi connectivity index (χ3n) is 8.94. The molecule has 5 heteroatoms. The van der Waals surface area contributed by atoms with Gasteiger partial charge in [-0.2, -0.15) is 0 Å². The van der Waals surface area contributed by atoms with Crippen LogP contribution in [0, 0.1) is 11.8 Å². The summed E-state index contributed by atoms with van der Waals surface area (Å²) in [5.41, 5.74) is 8.24. The molecule has 47 heavy (non-hydrogen) atoms. The average Bonchev–Trinajstić information content (AvgIpc) is 3.43. The van der Waals surface area contributed by atoms with E-state index in [0.29, 0.717) is 53.4 Å². The van der Waals surface area contributed by atoms with Gasteiger partial charge in [0, 0.05) is 77.6 Å². The number of hydrogen-bond donors (Lipinski definition) is 0. The fraction of sp³-hybridized carbons (Fsp3) is 0.333. The van der Waals surface area contributed by atoms with Crippen molar-refractivity contribution in [2.45, 2.75) is 66.8 Å². The van der Waals surface area contributed by atoms with Crippen molar-refractivity contribution < 1.29 is 14.3 Å². The molecule has 0 amide bonds. The van der Waals surface area contributed by atoms with E-state index in [-0.39, 0.29) is 11.8 Å². The normalized spacial score (nSPS) is 11.8. The van der Waals surface area contributed by atoms with Crippen LogP contribution in [0.5, 0.6) is 0 Å². The van der Waals surface area contributed by atoms with Crippen molar-refractivity contribution in [2.24, 2.45) is 11.8 Å². The van der Waals surface area contributed by atoms with Gasteiger partial charge in [-0.25, -0.2) is 4.48 Å². The zero-order valence-corrected chi connectivity index (χ0v) is 28.8. The minimum atomic E-state index is -0.192. The third kappa shape index (κ3) is 7.74. The minimum Gasteiger partial charge on any atom is -0.466 e. The maximum atomic E-state index is 14.3. The molecule has 0 atom stereocenters. The standard InChI is InChI=1S/C42H49N2O3/c1-7-47-41(45)16-11-25-43-29-39(38-14-8-9-15-40(38)43)42(46)34-12-10-13-37(28-34)44(6,35-21-17-32(18-22-35)26-30(2)3)36-23-19-33(20-24-36)27-31(4)5/h8-10,12-15,17-24,28-31H,7,11,16,25-27H2,1-6H3/q+1. The summed E-state index contributed by atoms with van der Waals surface area (Å²) in [5.74, 6) is 0.962. The lowest BCUT2D eigenvalue weighted by Crippen LogP contribution is -2.34. The highest BCUT2D eigenvalue weighted by atomic mass is 16.5. The first-order valence-electron chi connectivity index (χ1n) is 17.0. The zero-order valence-electron chi connectivity index (χ0n) is 28.8. The van der Waals surface area contributed by atoms with Crippen LogP contribution in [0.1, 0.15) is 74.5 Å². The first kappa shape index (κ1) is 33.9. The van der Waals surface area contributed by atoms with Gasteiger partial charge in [0.1, 0.15) is 17.1 Å². The monoisotopic (exact) mass is 629 g/mol.